The van der Waals surface area contributed by atoms with Crippen LogP contribution in [0.2, 0.25) is 0 Å². The van der Waals surface area contributed by atoms with Gasteiger partial charge in [0.05, 0.1) is 36.1 Å². The van der Waals surface area contributed by atoms with Gasteiger partial charge in [-0.05, 0) is 37.0 Å². The number of imidazole rings is 1. The second kappa shape index (κ2) is 12.5. The summed E-state index contributed by atoms with van der Waals surface area (Å²) in [5, 5.41) is 29.0. The van der Waals surface area contributed by atoms with E-state index in [1.165, 1.54) is 5.56 Å². The number of aromatic nitrogens is 4. The number of anilines is 1. The third-order valence-electron chi connectivity index (χ3n) is 6.08. The molecule has 38 heavy (non-hydrogen) atoms. The Bertz CT molecular complexity index is 1260. The number of carbonyl (C=O) groups is 3. The molecule has 3 heterocycles. The van der Waals surface area contributed by atoms with Crippen LogP contribution in [0.3, 0.4) is 0 Å². The van der Waals surface area contributed by atoms with Crippen molar-refractivity contribution >= 4 is 34.7 Å². The van der Waals surface area contributed by atoms with Crippen LogP contribution in [0, 0.1) is 0 Å². The predicted octanol–water partition coefficient (Wildman–Crippen LogP) is 1.33. The van der Waals surface area contributed by atoms with E-state index in [9.17, 15) is 14.4 Å². The largest absolute Gasteiger partial charge is 0.481 e. The van der Waals surface area contributed by atoms with Gasteiger partial charge in [0.1, 0.15) is 11.7 Å². The Morgan fingerprint density at radius 2 is 1.97 bits per heavy atom. The Labute approximate surface area is 217 Å². The third-order valence-corrected chi connectivity index (χ3v) is 6.08. The van der Waals surface area contributed by atoms with Gasteiger partial charge in [0.15, 0.2) is 5.82 Å². The summed E-state index contributed by atoms with van der Waals surface area (Å²) < 4.78 is 5.41. The van der Waals surface area contributed by atoms with Crippen molar-refractivity contribution in [3.8, 4) is 11.5 Å². The molecule has 2 aliphatic rings. The fraction of sp³-hybridized carbons (Fsp3) is 0.458. The van der Waals surface area contributed by atoms with E-state index in [1.54, 1.807) is 6.20 Å². The van der Waals surface area contributed by atoms with E-state index in [-0.39, 0.29) is 18.9 Å². The lowest BCUT2D eigenvalue weighted by atomic mass is 10.2. The number of fused-ring (bicyclic) bond motifs is 1. The second-order valence-corrected chi connectivity index (χ2v) is 9.23. The summed E-state index contributed by atoms with van der Waals surface area (Å²) >= 11 is 0. The lowest BCUT2D eigenvalue weighted by molar-refractivity contribution is -0.139. The number of rotatable bonds is 9. The number of nitrogens with one attached hydrogen (secondary N) is 4. The van der Waals surface area contributed by atoms with Crippen molar-refractivity contribution < 1.29 is 29.3 Å². The molecule has 0 spiro atoms. The minimum atomic E-state index is -1.17. The smallest absolute Gasteiger partial charge is 0.320 e. The molecule has 1 aromatic carbocycles. The number of benzene rings is 1. The van der Waals surface area contributed by atoms with Crippen LogP contribution in [0.4, 0.5) is 10.5 Å². The van der Waals surface area contributed by atoms with Gasteiger partial charge in [-0.25, -0.2) is 9.78 Å². The first kappa shape index (κ1) is 27.0. The summed E-state index contributed by atoms with van der Waals surface area (Å²) in [7, 11) is 0. The second-order valence-electron chi connectivity index (χ2n) is 9.23. The van der Waals surface area contributed by atoms with E-state index >= 15 is 0 Å². The number of hydrogen-bond donors (Lipinski definition) is 7. The van der Waals surface area contributed by atoms with Crippen molar-refractivity contribution in [3.05, 3.63) is 30.0 Å². The minimum absolute atomic E-state index is 0.0231. The molecule has 0 unspecified atom stereocenters. The number of hydrogen-bond acceptors (Lipinski definition) is 8. The molecule has 1 atom stereocenters. The molecule has 204 valence electrons. The highest BCUT2D eigenvalue weighted by molar-refractivity contribution is 5.93. The van der Waals surface area contributed by atoms with Gasteiger partial charge in [0.25, 0.3) is 0 Å². The van der Waals surface area contributed by atoms with Crippen molar-refractivity contribution in [2.75, 3.05) is 31.6 Å². The normalized spacial score (nSPS) is 16.3. The highest BCUT2D eigenvalue weighted by Gasteiger charge is 2.24. The van der Waals surface area contributed by atoms with Crippen molar-refractivity contribution in [1.29, 1.82) is 0 Å². The number of H-pyrrole nitrogens is 2. The molecule has 2 aromatic heterocycles. The van der Waals surface area contributed by atoms with E-state index in [0.29, 0.717) is 23.2 Å². The number of morpholine rings is 1. The summed E-state index contributed by atoms with van der Waals surface area (Å²) in [6.45, 7) is 4.39. The lowest BCUT2D eigenvalue weighted by Gasteiger charge is -2.26. The molecule has 0 bridgehead atoms. The number of amides is 2. The molecule has 1 saturated carbocycles. The van der Waals surface area contributed by atoms with Crippen LogP contribution in [0.5, 0.6) is 0 Å². The van der Waals surface area contributed by atoms with E-state index in [4.69, 9.17) is 20.7 Å². The van der Waals surface area contributed by atoms with E-state index in [2.05, 4.69) is 47.8 Å². The Balaban J connectivity index is 0.000000289. The predicted molar refractivity (Wildman–Crippen MR) is 137 cm³/mol. The Hall–Kier alpha value is -4.01. The van der Waals surface area contributed by atoms with Crippen LogP contribution in [0.25, 0.3) is 22.6 Å². The fourth-order valence-corrected chi connectivity index (χ4v) is 3.83. The van der Waals surface area contributed by atoms with Crippen molar-refractivity contribution in [2.45, 2.75) is 44.3 Å². The van der Waals surface area contributed by atoms with Gasteiger partial charge in [-0.2, -0.15) is 5.10 Å². The average molecular weight is 529 g/mol. The first-order valence-electron chi connectivity index (χ1n) is 12.4. The van der Waals surface area contributed by atoms with Gasteiger partial charge < -0.3 is 36.3 Å². The maximum atomic E-state index is 12.0. The summed E-state index contributed by atoms with van der Waals surface area (Å²) in [6.07, 6.45) is 3.46. The summed E-state index contributed by atoms with van der Waals surface area (Å²) in [5.74, 6) is -1.55. The Kier molecular flexibility index (Phi) is 8.89. The number of aliphatic carboxylic acids is 2. The molecule has 3 aromatic rings. The summed E-state index contributed by atoms with van der Waals surface area (Å²) in [6, 6.07) is 5.29. The van der Waals surface area contributed by atoms with E-state index < -0.39 is 18.0 Å². The molecule has 8 N–H and O–H groups in total. The molecule has 1 aliphatic carbocycles. The van der Waals surface area contributed by atoms with Gasteiger partial charge >= 0.3 is 18.0 Å². The molecule has 1 saturated heterocycles. The molecule has 14 nitrogen and oxygen atoms in total. The number of carbonyl (C=O) groups excluding carboxylic acids is 1. The topological polar surface area (TPSA) is 212 Å². The molecule has 1 aliphatic heterocycles. The van der Waals surface area contributed by atoms with Crippen molar-refractivity contribution in [1.82, 2.24) is 30.4 Å². The number of nitrogens with zero attached hydrogens (tertiary/aromatic N) is 3. The maximum absolute atomic E-state index is 12.0. The van der Waals surface area contributed by atoms with Crippen LogP contribution in [-0.2, 0) is 20.9 Å². The van der Waals surface area contributed by atoms with E-state index in [1.807, 2.05) is 6.07 Å². The Morgan fingerprint density at radius 1 is 1.21 bits per heavy atom. The zero-order valence-electron chi connectivity index (χ0n) is 20.8. The highest BCUT2D eigenvalue weighted by atomic mass is 16.5. The number of nitrogens with two attached hydrogens (primary N) is 1. The number of ether oxygens (including phenoxy) is 1. The Morgan fingerprint density at radius 3 is 2.66 bits per heavy atom. The molecule has 14 heteroatoms. The zero-order chi connectivity index (χ0) is 27.1. The highest BCUT2D eigenvalue weighted by Crippen LogP contribution is 2.26. The van der Waals surface area contributed by atoms with Crippen LogP contribution in [0.1, 0.15) is 31.2 Å². The maximum Gasteiger partial charge on any atom is 0.320 e. The van der Waals surface area contributed by atoms with Gasteiger partial charge in [-0.1, -0.05) is 6.07 Å². The monoisotopic (exact) mass is 528 g/mol. The molecule has 2 fully saturated rings. The van der Waals surface area contributed by atoms with Crippen molar-refractivity contribution in [2.24, 2.45) is 5.73 Å². The lowest BCUT2D eigenvalue weighted by Crippen LogP contribution is -2.35. The molecule has 0 radical (unpaired) electrons. The summed E-state index contributed by atoms with van der Waals surface area (Å²) in [5.41, 5.74) is 9.34. The van der Waals surface area contributed by atoms with E-state index in [0.717, 1.165) is 56.7 Å². The molecular weight excluding hydrogens is 496 g/mol. The number of aromatic amines is 2. The zero-order valence-corrected chi connectivity index (χ0v) is 20.8. The standard InChI is InChI=1S/C19H23N7O2.C5H9NO4/c27-19(21-13-2-3-13)24-16-10-20-25-17(16)18-22-14-4-1-12(9-15(14)23-18)11-26-5-7-28-8-6-26;6-3(5(9)10)1-2-4(7)8/h1,4,9-10,13H,2-3,5-8,11H2,(H,20,25)(H,22,23)(H2,21,24,27);3H,1-2,6H2,(H,7,8)(H,9,10)/t;3-/m.0/s1. The SMILES string of the molecule is N[C@@H](CCC(=O)O)C(=O)O.O=C(Nc1cn[nH]c1-c1nc2ccc(CN3CCOCC3)cc2[nH]1)NC1CC1. The number of carboxylic acids is 2. The first-order chi connectivity index (χ1) is 18.3. The van der Waals surface area contributed by atoms with Crippen LogP contribution >= 0.6 is 0 Å². The molecule has 5 rings (SSSR count). The molecular formula is C24H32N8O6. The first-order valence-corrected chi connectivity index (χ1v) is 12.4. The van der Waals surface area contributed by atoms with Crippen LogP contribution in [-0.4, -0.2) is 91.6 Å². The van der Waals surface area contributed by atoms with Crippen LogP contribution in [0.15, 0.2) is 24.4 Å². The minimum Gasteiger partial charge on any atom is -0.481 e. The fourth-order valence-electron chi connectivity index (χ4n) is 3.83. The van der Waals surface area contributed by atoms with Crippen LogP contribution < -0.4 is 16.4 Å². The number of urea groups is 1. The number of carboxylic acid groups (broad SMARTS) is 2. The average Bonchev–Trinajstić information content (AvgIpc) is 3.41. The van der Waals surface area contributed by atoms with Gasteiger partial charge in [-0.15, -0.1) is 0 Å². The molecule has 2 amide bonds. The third kappa shape index (κ3) is 7.74. The summed E-state index contributed by atoms with van der Waals surface area (Å²) in [4.78, 5) is 42.3. The van der Waals surface area contributed by atoms with Gasteiger partial charge in [0.2, 0.25) is 0 Å². The van der Waals surface area contributed by atoms with Gasteiger partial charge in [0, 0.05) is 32.1 Å². The van der Waals surface area contributed by atoms with Gasteiger partial charge in [-0.3, -0.25) is 19.6 Å². The quantitative estimate of drug-likeness (QED) is 0.212. The van der Waals surface area contributed by atoms with Crippen molar-refractivity contribution in [3.63, 3.8) is 0 Å².